The minimum Gasteiger partial charge on any atom is -0.481 e. The Hall–Kier alpha value is -3.83. The van der Waals surface area contributed by atoms with E-state index in [4.69, 9.17) is 0 Å². The third-order valence-electron chi connectivity index (χ3n) is 9.60. The highest BCUT2D eigenvalue weighted by atomic mass is 32.2. The molecule has 1 aliphatic carbocycles. The van der Waals surface area contributed by atoms with Gasteiger partial charge < -0.3 is 10.0 Å². The second kappa shape index (κ2) is 10.1. The van der Waals surface area contributed by atoms with Crippen molar-refractivity contribution >= 4 is 32.8 Å². The van der Waals surface area contributed by atoms with Crippen molar-refractivity contribution in [2.45, 2.75) is 81.8 Å². The maximum absolute atomic E-state index is 14.1. The predicted molar refractivity (Wildman–Crippen MR) is 163 cm³/mol. The number of aryl methyl sites for hydroxylation is 2. The lowest BCUT2D eigenvalue weighted by molar-refractivity contribution is -0.137. The van der Waals surface area contributed by atoms with Crippen LogP contribution < -0.4 is 4.90 Å². The van der Waals surface area contributed by atoms with Crippen molar-refractivity contribution < 1.29 is 18.3 Å². The fourth-order valence-corrected chi connectivity index (χ4v) is 8.73. The fourth-order valence-electron chi connectivity index (χ4n) is 7.05. The lowest BCUT2D eigenvalue weighted by Gasteiger charge is -2.36. The van der Waals surface area contributed by atoms with Crippen molar-refractivity contribution in [1.82, 2.24) is 24.3 Å². The van der Waals surface area contributed by atoms with E-state index in [1.54, 1.807) is 22.6 Å². The first-order chi connectivity index (χ1) is 20.6. The number of rotatable bonds is 7. The number of carboxylic acids is 1. The molecule has 1 saturated heterocycles. The van der Waals surface area contributed by atoms with Gasteiger partial charge in [0.15, 0.2) is 0 Å². The number of carbonyl (C=O) groups is 1. The van der Waals surface area contributed by atoms with Crippen molar-refractivity contribution in [2.75, 3.05) is 18.0 Å². The van der Waals surface area contributed by atoms with Crippen LogP contribution in [0.3, 0.4) is 0 Å². The number of fused-ring (bicyclic) bond motifs is 4. The average molecular weight is 601 g/mol. The van der Waals surface area contributed by atoms with Crippen molar-refractivity contribution in [3.05, 3.63) is 76.5 Å². The van der Waals surface area contributed by atoms with Gasteiger partial charge in [-0.2, -0.15) is 4.31 Å². The molecule has 0 bridgehead atoms. The molecule has 3 aliphatic rings. The van der Waals surface area contributed by atoms with Crippen molar-refractivity contribution in [2.24, 2.45) is 0 Å². The van der Waals surface area contributed by atoms with Gasteiger partial charge in [0.1, 0.15) is 16.2 Å². The van der Waals surface area contributed by atoms with Gasteiger partial charge in [-0.1, -0.05) is 29.5 Å². The molecule has 2 aromatic carbocycles. The Bertz CT molecular complexity index is 1870. The molecule has 224 valence electrons. The molecule has 0 unspecified atom stereocenters. The number of hydrogen-bond donors (Lipinski definition) is 1. The maximum Gasteiger partial charge on any atom is 0.304 e. The first-order valence-electron chi connectivity index (χ1n) is 15.0. The van der Waals surface area contributed by atoms with E-state index in [-0.39, 0.29) is 23.4 Å². The first kappa shape index (κ1) is 28.0. The Morgan fingerprint density at radius 3 is 2.74 bits per heavy atom. The summed E-state index contributed by atoms with van der Waals surface area (Å²) in [4.78, 5) is 19.1. The van der Waals surface area contributed by atoms with Gasteiger partial charge in [0.05, 0.1) is 23.5 Å². The molecule has 0 amide bonds. The standard InChI is InChI=1S/C32H36N6O4S/c1-20-7-8-22(26(17-29(39)40)25-11-12-27-30(21(25)2)34-35-38(27)24-9-10-24)16-23(20)18-36-19-32(3)13-5-15-37(32)31-28(43(36,41)42)6-4-14-33-31/h4,6-8,11-12,14,16,24,26H,5,9-10,13,15,17-19H2,1-3H3,(H,39,40)/t26-,32-/m0/s1. The highest BCUT2D eigenvalue weighted by molar-refractivity contribution is 7.89. The van der Waals surface area contributed by atoms with Crippen LogP contribution in [0.25, 0.3) is 11.0 Å². The normalized spacial score (nSPS) is 22.3. The molecule has 0 spiro atoms. The molecule has 4 aromatic rings. The maximum atomic E-state index is 14.1. The molecule has 0 radical (unpaired) electrons. The summed E-state index contributed by atoms with van der Waals surface area (Å²) >= 11 is 0. The van der Waals surface area contributed by atoms with Crippen LogP contribution >= 0.6 is 0 Å². The Kier molecular flexibility index (Phi) is 6.59. The van der Waals surface area contributed by atoms with E-state index >= 15 is 0 Å². The van der Waals surface area contributed by atoms with Crippen LogP contribution in [0.4, 0.5) is 5.82 Å². The highest BCUT2D eigenvalue weighted by Crippen LogP contribution is 2.43. The minimum atomic E-state index is -3.83. The lowest BCUT2D eigenvalue weighted by Crippen LogP contribution is -2.49. The Balaban J connectivity index is 1.28. The van der Waals surface area contributed by atoms with E-state index in [1.807, 2.05) is 48.9 Å². The zero-order chi connectivity index (χ0) is 30.1. The summed E-state index contributed by atoms with van der Waals surface area (Å²) in [7, 11) is -3.83. The van der Waals surface area contributed by atoms with Crippen LogP contribution in [-0.4, -0.2) is 62.4 Å². The molecule has 11 heteroatoms. The van der Waals surface area contributed by atoms with Gasteiger partial charge in [-0.25, -0.2) is 18.1 Å². The summed E-state index contributed by atoms with van der Waals surface area (Å²) in [5, 5.41) is 18.8. The van der Waals surface area contributed by atoms with E-state index in [2.05, 4.69) is 27.1 Å². The summed E-state index contributed by atoms with van der Waals surface area (Å²) < 4.78 is 31.7. The van der Waals surface area contributed by atoms with Crippen molar-refractivity contribution in [3.8, 4) is 0 Å². The molecule has 7 rings (SSSR count). The van der Waals surface area contributed by atoms with E-state index in [1.165, 1.54) is 0 Å². The molecule has 1 N–H and O–H groups in total. The minimum absolute atomic E-state index is 0.0975. The molecule has 2 atom stereocenters. The number of sulfonamides is 1. The molecule has 2 aliphatic heterocycles. The van der Waals surface area contributed by atoms with Crippen LogP contribution in [0, 0.1) is 13.8 Å². The van der Waals surface area contributed by atoms with Crippen LogP contribution in [0.2, 0.25) is 0 Å². The molecule has 10 nitrogen and oxygen atoms in total. The third-order valence-corrected chi connectivity index (χ3v) is 11.4. The van der Waals surface area contributed by atoms with Gasteiger partial charge in [-0.05, 0) is 92.5 Å². The van der Waals surface area contributed by atoms with Crippen molar-refractivity contribution in [3.63, 3.8) is 0 Å². The summed E-state index contributed by atoms with van der Waals surface area (Å²) in [6.45, 7) is 7.39. The number of anilines is 1. The summed E-state index contributed by atoms with van der Waals surface area (Å²) in [5.41, 5.74) is 5.86. The summed E-state index contributed by atoms with van der Waals surface area (Å²) in [6, 6.07) is 13.7. The molecule has 2 fully saturated rings. The van der Waals surface area contributed by atoms with E-state index in [9.17, 15) is 18.3 Å². The summed E-state index contributed by atoms with van der Waals surface area (Å²) in [5.74, 6) is -0.802. The SMILES string of the molecule is Cc1ccc([C@H](CC(=O)O)c2ccc3c(nnn3C3CC3)c2C)cc1CN1C[C@]2(C)CCCN2c2ncccc2S1(=O)=O. The predicted octanol–water partition coefficient (Wildman–Crippen LogP) is 4.95. The number of hydrogen-bond acceptors (Lipinski definition) is 7. The number of aromatic nitrogens is 4. The van der Waals surface area contributed by atoms with Gasteiger partial charge in [-0.15, -0.1) is 5.10 Å². The van der Waals surface area contributed by atoms with Gasteiger partial charge >= 0.3 is 5.97 Å². The fraction of sp³-hybridized carbons (Fsp3) is 0.438. The van der Waals surface area contributed by atoms with E-state index in [0.29, 0.717) is 18.4 Å². The first-order valence-corrected chi connectivity index (χ1v) is 16.4. The quantitative estimate of drug-likeness (QED) is 0.316. The van der Waals surface area contributed by atoms with Crippen molar-refractivity contribution in [1.29, 1.82) is 0 Å². The summed E-state index contributed by atoms with van der Waals surface area (Å²) in [6.07, 6.45) is 5.61. The largest absolute Gasteiger partial charge is 0.481 e. The van der Waals surface area contributed by atoms with Gasteiger partial charge in [-0.3, -0.25) is 4.79 Å². The number of carboxylic acid groups (broad SMARTS) is 1. The van der Waals surface area contributed by atoms with Gasteiger partial charge in [0, 0.05) is 31.7 Å². The van der Waals surface area contributed by atoms with E-state index in [0.717, 1.165) is 71.1 Å². The molecule has 43 heavy (non-hydrogen) atoms. The number of benzene rings is 2. The van der Waals surface area contributed by atoms with Crippen LogP contribution in [0.5, 0.6) is 0 Å². The number of pyridine rings is 1. The highest BCUT2D eigenvalue weighted by Gasteiger charge is 2.47. The molecular formula is C32H36N6O4S. The monoisotopic (exact) mass is 600 g/mol. The third kappa shape index (κ3) is 4.69. The smallest absolute Gasteiger partial charge is 0.304 e. The Morgan fingerprint density at radius 2 is 1.98 bits per heavy atom. The van der Waals surface area contributed by atoms with Crippen LogP contribution in [0.1, 0.15) is 78.8 Å². The second-order valence-electron chi connectivity index (χ2n) is 12.6. The number of aliphatic carboxylic acids is 1. The molecule has 1 saturated carbocycles. The van der Waals surface area contributed by atoms with Crippen LogP contribution in [0.15, 0.2) is 53.6 Å². The molecule has 2 aromatic heterocycles. The molecular weight excluding hydrogens is 564 g/mol. The zero-order valence-electron chi connectivity index (χ0n) is 24.7. The zero-order valence-corrected chi connectivity index (χ0v) is 25.5. The van der Waals surface area contributed by atoms with E-state index < -0.39 is 21.9 Å². The second-order valence-corrected chi connectivity index (χ2v) is 14.5. The topological polar surface area (TPSA) is 122 Å². The van der Waals surface area contributed by atoms with Gasteiger partial charge in [0.2, 0.25) is 10.0 Å². The Morgan fingerprint density at radius 1 is 1.16 bits per heavy atom. The van der Waals surface area contributed by atoms with Crippen LogP contribution in [-0.2, 0) is 21.4 Å². The lowest BCUT2D eigenvalue weighted by atomic mass is 9.84. The average Bonchev–Trinajstić information content (AvgIpc) is 3.62. The van der Waals surface area contributed by atoms with Gasteiger partial charge in [0.25, 0.3) is 0 Å². The molecule has 4 heterocycles. The Labute approximate surface area is 251 Å². The number of nitrogens with zero attached hydrogens (tertiary/aromatic N) is 6.